The first-order valence-electron chi connectivity index (χ1n) is 6.93. The lowest BCUT2D eigenvalue weighted by Crippen LogP contribution is -2.38. The fourth-order valence-electron chi connectivity index (χ4n) is 2.67. The number of carbonyl (C=O) groups excluding carboxylic acids is 1. The minimum atomic E-state index is -0.426. The Hall–Kier alpha value is -2.62. The van der Waals surface area contributed by atoms with Gasteiger partial charge in [0.05, 0.1) is 5.69 Å². The zero-order valence-corrected chi connectivity index (χ0v) is 11.7. The molecule has 1 atom stereocenters. The van der Waals surface area contributed by atoms with E-state index in [-0.39, 0.29) is 5.75 Å². The molecule has 1 unspecified atom stereocenters. The quantitative estimate of drug-likeness (QED) is 0.879. The number of aliphatic imine (C=N–C) groups is 1. The van der Waals surface area contributed by atoms with Crippen molar-refractivity contribution in [2.24, 2.45) is 4.99 Å². The van der Waals surface area contributed by atoms with Gasteiger partial charge in [-0.05, 0) is 25.1 Å². The average molecular weight is 280 g/mol. The lowest BCUT2D eigenvalue weighted by atomic mass is 9.99. The monoisotopic (exact) mass is 280 g/mol. The smallest absolute Gasteiger partial charge is 0.147 e. The molecule has 1 aliphatic heterocycles. The van der Waals surface area contributed by atoms with Gasteiger partial charge < -0.3 is 14.8 Å². The van der Waals surface area contributed by atoms with Crippen LogP contribution in [0.4, 0.5) is 5.69 Å². The number of phenols is 1. The molecule has 4 heteroatoms. The van der Waals surface area contributed by atoms with E-state index in [1.54, 1.807) is 18.2 Å². The molecule has 21 heavy (non-hydrogen) atoms. The summed E-state index contributed by atoms with van der Waals surface area (Å²) < 4.78 is 0. The van der Waals surface area contributed by atoms with Crippen LogP contribution in [0, 0.1) is 0 Å². The molecule has 0 fully saturated rings. The highest BCUT2D eigenvalue weighted by Gasteiger charge is 2.29. The number of aldehydes is 1. The highest BCUT2D eigenvalue weighted by Crippen LogP contribution is 2.37. The summed E-state index contributed by atoms with van der Waals surface area (Å²) in [6.45, 7) is 2.65. The number of likely N-dealkylation sites (N-methyl/N-ethyl adjacent to an activating group) is 1. The first kappa shape index (κ1) is 13.4. The predicted molar refractivity (Wildman–Crippen MR) is 81.9 cm³/mol. The van der Waals surface area contributed by atoms with E-state index < -0.39 is 6.04 Å². The van der Waals surface area contributed by atoms with Gasteiger partial charge in [-0.15, -0.1) is 0 Å². The maximum absolute atomic E-state index is 11.6. The van der Waals surface area contributed by atoms with Crippen LogP contribution in [0.15, 0.2) is 53.5 Å². The fourth-order valence-corrected chi connectivity index (χ4v) is 2.67. The van der Waals surface area contributed by atoms with Crippen molar-refractivity contribution in [3.05, 3.63) is 59.7 Å². The normalized spacial score (nSPS) is 17.1. The third-order valence-corrected chi connectivity index (χ3v) is 3.67. The Kier molecular flexibility index (Phi) is 3.44. The Morgan fingerprint density at radius 2 is 2.00 bits per heavy atom. The summed E-state index contributed by atoms with van der Waals surface area (Å²) in [4.78, 5) is 18.2. The summed E-state index contributed by atoms with van der Waals surface area (Å²) >= 11 is 0. The van der Waals surface area contributed by atoms with E-state index in [2.05, 4.69) is 4.99 Å². The number of aromatic hydroxyl groups is 1. The summed E-state index contributed by atoms with van der Waals surface area (Å²) in [6.07, 6.45) is 0.902. The zero-order valence-electron chi connectivity index (χ0n) is 11.7. The first-order chi connectivity index (χ1) is 10.2. The summed E-state index contributed by atoms with van der Waals surface area (Å²) in [6, 6.07) is 14.3. The molecule has 0 amide bonds. The van der Waals surface area contributed by atoms with Gasteiger partial charge in [-0.1, -0.05) is 30.3 Å². The number of fused-ring (bicyclic) bond motifs is 1. The van der Waals surface area contributed by atoms with Crippen LogP contribution in [0.5, 0.6) is 5.75 Å². The lowest BCUT2D eigenvalue weighted by Gasteiger charge is -2.34. The second-order valence-corrected chi connectivity index (χ2v) is 4.91. The van der Waals surface area contributed by atoms with Crippen molar-refractivity contribution in [1.82, 2.24) is 4.90 Å². The van der Waals surface area contributed by atoms with Gasteiger partial charge in [0.1, 0.15) is 23.9 Å². The molecular weight excluding hydrogens is 264 g/mol. The number of hydrogen-bond acceptors (Lipinski definition) is 4. The van der Waals surface area contributed by atoms with Gasteiger partial charge in [-0.25, -0.2) is 4.99 Å². The van der Waals surface area contributed by atoms with Gasteiger partial charge in [0.25, 0.3) is 0 Å². The topological polar surface area (TPSA) is 52.9 Å². The van der Waals surface area contributed by atoms with Crippen molar-refractivity contribution in [2.75, 3.05) is 6.54 Å². The zero-order chi connectivity index (χ0) is 14.8. The van der Waals surface area contributed by atoms with Crippen LogP contribution in [0.3, 0.4) is 0 Å². The summed E-state index contributed by atoms with van der Waals surface area (Å²) in [5.74, 6) is 0.934. The maximum atomic E-state index is 11.6. The lowest BCUT2D eigenvalue weighted by molar-refractivity contribution is -0.111. The molecule has 4 nitrogen and oxygen atoms in total. The number of rotatable bonds is 3. The molecule has 0 saturated carbocycles. The molecule has 106 valence electrons. The molecule has 2 aromatic carbocycles. The van der Waals surface area contributed by atoms with Gasteiger partial charge in [-0.3, -0.25) is 0 Å². The van der Waals surface area contributed by atoms with E-state index in [0.29, 0.717) is 6.54 Å². The minimum Gasteiger partial charge on any atom is -0.508 e. The Balaban J connectivity index is 2.19. The number of hydrogen-bond donors (Lipinski definition) is 1. The van der Waals surface area contributed by atoms with Gasteiger partial charge in [0, 0.05) is 17.7 Å². The highest BCUT2D eigenvalue weighted by atomic mass is 16.3. The number of phenolic OH excluding ortho intramolecular Hbond substituents is 1. The standard InChI is InChI=1S/C17H16N2O2/c1-2-19-16(11-20)14-10-13(21)8-9-15(14)18-17(19)12-6-4-3-5-7-12/h3-11,16,21H,2H2,1H3. The van der Waals surface area contributed by atoms with Crippen molar-refractivity contribution in [1.29, 1.82) is 0 Å². The maximum Gasteiger partial charge on any atom is 0.147 e. The Morgan fingerprint density at radius 1 is 1.24 bits per heavy atom. The molecular formula is C17H16N2O2. The van der Waals surface area contributed by atoms with E-state index in [1.807, 2.05) is 42.2 Å². The van der Waals surface area contributed by atoms with Crippen LogP contribution in [-0.4, -0.2) is 28.7 Å². The largest absolute Gasteiger partial charge is 0.508 e. The van der Waals surface area contributed by atoms with E-state index in [1.165, 1.54) is 0 Å². The van der Waals surface area contributed by atoms with Crippen LogP contribution in [0.2, 0.25) is 0 Å². The van der Waals surface area contributed by atoms with E-state index in [0.717, 1.165) is 28.9 Å². The molecule has 1 heterocycles. The predicted octanol–water partition coefficient (Wildman–Crippen LogP) is 3.05. The third kappa shape index (κ3) is 2.29. The minimum absolute atomic E-state index is 0.148. The average Bonchev–Trinajstić information content (AvgIpc) is 2.53. The van der Waals surface area contributed by atoms with Crippen molar-refractivity contribution in [3.63, 3.8) is 0 Å². The SMILES string of the molecule is CCN1C(c2ccccc2)=Nc2ccc(O)cc2C1C=O. The number of amidine groups is 1. The van der Waals surface area contributed by atoms with Gasteiger partial charge in [0.15, 0.2) is 0 Å². The molecule has 1 aliphatic rings. The molecule has 0 radical (unpaired) electrons. The van der Waals surface area contributed by atoms with Crippen LogP contribution in [0.1, 0.15) is 24.1 Å². The van der Waals surface area contributed by atoms with E-state index in [4.69, 9.17) is 0 Å². The fraction of sp³-hybridized carbons (Fsp3) is 0.176. The van der Waals surface area contributed by atoms with Crippen LogP contribution in [0.25, 0.3) is 0 Å². The summed E-state index contributed by atoms with van der Waals surface area (Å²) in [7, 11) is 0. The first-order valence-corrected chi connectivity index (χ1v) is 6.93. The molecule has 2 aromatic rings. The summed E-state index contributed by atoms with van der Waals surface area (Å²) in [5.41, 5.74) is 2.45. The third-order valence-electron chi connectivity index (χ3n) is 3.67. The number of nitrogens with zero attached hydrogens (tertiary/aromatic N) is 2. The van der Waals surface area contributed by atoms with E-state index >= 15 is 0 Å². The van der Waals surface area contributed by atoms with Gasteiger partial charge >= 0.3 is 0 Å². The molecule has 1 N–H and O–H groups in total. The van der Waals surface area contributed by atoms with Crippen molar-refractivity contribution in [2.45, 2.75) is 13.0 Å². The van der Waals surface area contributed by atoms with Crippen LogP contribution in [-0.2, 0) is 4.79 Å². The Bertz CT molecular complexity index is 695. The second-order valence-electron chi connectivity index (χ2n) is 4.91. The van der Waals surface area contributed by atoms with Crippen molar-refractivity contribution < 1.29 is 9.90 Å². The number of benzene rings is 2. The van der Waals surface area contributed by atoms with Crippen molar-refractivity contribution in [3.8, 4) is 5.75 Å². The molecule has 0 spiro atoms. The Morgan fingerprint density at radius 3 is 2.67 bits per heavy atom. The Labute approximate surface area is 123 Å². The van der Waals surface area contributed by atoms with Gasteiger partial charge in [-0.2, -0.15) is 0 Å². The van der Waals surface area contributed by atoms with Crippen LogP contribution >= 0.6 is 0 Å². The van der Waals surface area contributed by atoms with Crippen molar-refractivity contribution >= 4 is 17.8 Å². The second kappa shape index (κ2) is 5.40. The highest BCUT2D eigenvalue weighted by molar-refractivity contribution is 6.03. The molecule has 0 aliphatic carbocycles. The van der Waals surface area contributed by atoms with E-state index in [9.17, 15) is 9.90 Å². The molecule has 0 saturated heterocycles. The number of carbonyl (C=O) groups is 1. The van der Waals surface area contributed by atoms with Gasteiger partial charge in [0.2, 0.25) is 0 Å². The summed E-state index contributed by atoms with van der Waals surface area (Å²) in [5, 5.41) is 9.66. The van der Waals surface area contributed by atoms with Crippen LogP contribution < -0.4 is 0 Å². The molecule has 3 rings (SSSR count). The molecule has 0 aromatic heterocycles. The molecule has 0 bridgehead atoms.